The number of Topliss-reactive ketones (excluding diaryl/α,β-unsaturated/α-hetero) is 1. The van der Waals surface area contributed by atoms with Gasteiger partial charge in [-0.3, -0.25) is 9.59 Å². The minimum atomic E-state index is -4.89. The Bertz CT molecular complexity index is 861. The Morgan fingerprint density at radius 2 is 2.00 bits per heavy atom. The molecule has 1 aromatic heterocycles. The molecule has 3 heterocycles. The van der Waals surface area contributed by atoms with Crippen molar-refractivity contribution >= 4 is 33.1 Å². The molecule has 2 N–H and O–H groups in total. The summed E-state index contributed by atoms with van der Waals surface area (Å²) in [5.74, 6) is -2.09. The smallest absolute Gasteiger partial charge is 0.348 e. The molecule has 132 valence electrons. The summed E-state index contributed by atoms with van der Waals surface area (Å²) in [6, 6.07) is 6.77. The van der Waals surface area contributed by atoms with Crippen LogP contribution in [-0.2, 0) is 0 Å². The van der Waals surface area contributed by atoms with E-state index in [0.29, 0.717) is 27.7 Å². The second-order valence-electron chi connectivity index (χ2n) is 6.55. The molecule has 1 amide bonds. The molecule has 25 heavy (non-hydrogen) atoms. The van der Waals surface area contributed by atoms with Gasteiger partial charge in [0.25, 0.3) is 11.7 Å². The van der Waals surface area contributed by atoms with Crippen LogP contribution < -0.4 is 10.6 Å². The zero-order chi connectivity index (χ0) is 17.8. The normalized spacial score (nSPS) is 25.5. The molecule has 2 bridgehead atoms. The number of rotatable bonds is 3. The highest BCUT2D eigenvalue weighted by Gasteiger charge is 2.41. The molecule has 0 saturated carbocycles. The number of nitrogens with one attached hydrogen (secondary N) is 2. The summed E-state index contributed by atoms with van der Waals surface area (Å²) >= 11 is 0.757. The maximum absolute atomic E-state index is 12.6. The van der Waals surface area contributed by atoms with Crippen molar-refractivity contribution in [2.45, 2.75) is 43.6 Å². The van der Waals surface area contributed by atoms with Gasteiger partial charge in [0.05, 0.1) is 4.88 Å². The van der Waals surface area contributed by atoms with Crippen molar-refractivity contribution in [3.05, 3.63) is 34.7 Å². The summed E-state index contributed by atoms with van der Waals surface area (Å²) in [5, 5.41) is 6.96. The molecule has 1 aromatic carbocycles. The molecular formula is C17H15F3N2O2S. The van der Waals surface area contributed by atoms with Crippen LogP contribution in [0.2, 0.25) is 0 Å². The summed E-state index contributed by atoms with van der Waals surface area (Å²) in [4.78, 5) is 23.4. The number of hydrogen-bond donors (Lipinski definition) is 2. The second-order valence-corrected chi connectivity index (χ2v) is 7.64. The molecule has 2 aliphatic heterocycles. The molecule has 2 saturated heterocycles. The number of hydrogen-bond acceptors (Lipinski definition) is 4. The number of benzene rings is 1. The Balaban J connectivity index is 1.54. The molecule has 8 heteroatoms. The fourth-order valence-corrected chi connectivity index (χ4v) is 4.72. The molecule has 2 fully saturated rings. The lowest BCUT2D eigenvalue weighted by molar-refractivity contribution is -0.0882. The number of ketones is 1. The maximum atomic E-state index is 12.6. The van der Waals surface area contributed by atoms with E-state index >= 15 is 0 Å². The molecule has 0 radical (unpaired) electrons. The van der Waals surface area contributed by atoms with Crippen LogP contribution in [0.15, 0.2) is 24.3 Å². The Kier molecular flexibility index (Phi) is 3.84. The van der Waals surface area contributed by atoms with Crippen molar-refractivity contribution in [1.82, 2.24) is 10.6 Å². The van der Waals surface area contributed by atoms with E-state index in [2.05, 4.69) is 10.6 Å². The van der Waals surface area contributed by atoms with Gasteiger partial charge in [-0.05, 0) is 42.8 Å². The van der Waals surface area contributed by atoms with Gasteiger partial charge in [-0.2, -0.15) is 13.2 Å². The largest absolute Gasteiger partial charge is 0.455 e. The maximum Gasteiger partial charge on any atom is 0.455 e. The highest BCUT2D eigenvalue weighted by atomic mass is 32.1. The lowest BCUT2D eigenvalue weighted by Crippen LogP contribution is -2.42. The van der Waals surface area contributed by atoms with Gasteiger partial charge in [-0.15, -0.1) is 11.3 Å². The predicted octanol–water partition coefficient (Wildman–Crippen LogP) is 3.27. The van der Waals surface area contributed by atoms with Crippen molar-refractivity contribution in [1.29, 1.82) is 0 Å². The zero-order valence-electron chi connectivity index (χ0n) is 13.0. The Morgan fingerprint density at radius 1 is 1.20 bits per heavy atom. The van der Waals surface area contributed by atoms with Crippen molar-refractivity contribution in [2.75, 3.05) is 0 Å². The molecule has 4 nitrogen and oxygen atoms in total. The van der Waals surface area contributed by atoms with E-state index in [4.69, 9.17) is 0 Å². The summed E-state index contributed by atoms with van der Waals surface area (Å²) < 4.78 is 38.2. The van der Waals surface area contributed by atoms with Gasteiger partial charge in [-0.25, -0.2) is 0 Å². The van der Waals surface area contributed by atoms with Gasteiger partial charge >= 0.3 is 6.18 Å². The quantitative estimate of drug-likeness (QED) is 0.818. The summed E-state index contributed by atoms with van der Waals surface area (Å²) in [5.41, 5.74) is 0.392. The van der Waals surface area contributed by atoms with E-state index < -0.39 is 12.0 Å². The molecular weight excluding hydrogens is 353 g/mol. The average Bonchev–Trinajstić information content (AvgIpc) is 3.26. The molecule has 4 rings (SSSR count). The Labute approximate surface area is 145 Å². The van der Waals surface area contributed by atoms with Gasteiger partial charge in [0, 0.05) is 28.4 Å². The average molecular weight is 368 g/mol. The molecule has 0 aliphatic carbocycles. The number of carbonyl (C=O) groups excluding carboxylic acids is 2. The minimum Gasteiger partial charge on any atom is -0.348 e. The predicted molar refractivity (Wildman–Crippen MR) is 88.0 cm³/mol. The highest BCUT2D eigenvalue weighted by molar-refractivity contribution is 7.20. The molecule has 2 aliphatic rings. The number of thiophene rings is 1. The first-order valence-electron chi connectivity index (χ1n) is 8.03. The number of fused-ring (bicyclic) bond motifs is 3. The van der Waals surface area contributed by atoms with E-state index in [-0.39, 0.29) is 16.8 Å². The van der Waals surface area contributed by atoms with Gasteiger partial charge in [-0.1, -0.05) is 6.07 Å². The lowest BCUT2D eigenvalue weighted by Gasteiger charge is -2.21. The van der Waals surface area contributed by atoms with Crippen molar-refractivity contribution in [3.8, 4) is 0 Å². The highest BCUT2D eigenvalue weighted by Crippen LogP contribution is 2.32. The number of halogens is 3. The van der Waals surface area contributed by atoms with Crippen molar-refractivity contribution in [3.63, 3.8) is 0 Å². The first-order valence-corrected chi connectivity index (χ1v) is 8.85. The van der Waals surface area contributed by atoms with Crippen LogP contribution >= 0.6 is 11.3 Å². The third-order valence-corrected chi connectivity index (χ3v) is 5.98. The van der Waals surface area contributed by atoms with Crippen molar-refractivity contribution in [2.24, 2.45) is 0 Å². The third-order valence-electron chi connectivity index (χ3n) is 4.88. The summed E-state index contributed by atoms with van der Waals surface area (Å²) in [6.45, 7) is 0. The number of amides is 1. The first-order chi connectivity index (χ1) is 11.8. The molecule has 0 unspecified atom stereocenters. The van der Waals surface area contributed by atoms with E-state index in [9.17, 15) is 22.8 Å². The van der Waals surface area contributed by atoms with Crippen LogP contribution in [0.3, 0.4) is 0 Å². The van der Waals surface area contributed by atoms with Crippen LogP contribution in [0.5, 0.6) is 0 Å². The van der Waals surface area contributed by atoms with E-state index in [1.165, 1.54) is 6.07 Å². The van der Waals surface area contributed by atoms with Gasteiger partial charge in [0.2, 0.25) is 0 Å². The topological polar surface area (TPSA) is 58.2 Å². The molecule has 0 spiro atoms. The van der Waals surface area contributed by atoms with Crippen LogP contribution in [-0.4, -0.2) is 36.0 Å². The third kappa shape index (κ3) is 3.04. The number of carbonyl (C=O) groups is 2. The van der Waals surface area contributed by atoms with Gasteiger partial charge in [0.15, 0.2) is 0 Å². The van der Waals surface area contributed by atoms with Crippen LogP contribution in [0.25, 0.3) is 10.1 Å². The van der Waals surface area contributed by atoms with E-state index in [1.54, 1.807) is 18.2 Å². The van der Waals surface area contributed by atoms with Gasteiger partial charge < -0.3 is 10.6 Å². The Hall–Kier alpha value is -1.93. The minimum absolute atomic E-state index is 0.0904. The monoisotopic (exact) mass is 368 g/mol. The fraction of sp³-hybridized carbons (Fsp3) is 0.412. The van der Waals surface area contributed by atoms with Crippen molar-refractivity contribution < 1.29 is 22.8 Å². The summed E-state index contributed by atoms with van der Waals surface area (Å²) in [6.07, 6.45) is -1.81. The lowest BCUT2D eigenvalue weighted by atomic mass is 9.95. The van der Waals surface area contributed by atoms with Crippen LogP contribution in [0.1, 0.15) is 39.3 Å². The number of alkyl halides is 3. The van der Waals surface area contributed by atoms with E-state index in [1.807, 2.05) is 0 Å². The first kappa shape index (κ1) is 16.5. The summed E-state index contributed by atoms with van der Waals surface area (Å²) in [7, 11) is 0. The van der Waals surface area contributed by atoms with Gasteiger partial charge in [0.1, 0.15) is 0 Å². The second kappa shape index (κ2) is 5.81. The zero-order valence-corrected chi connectivity index (χ0v) is 13.8. The standard InChI is InChI=1S/C17H15F3N2O2S/c18-17(19,20)15(23)14-5-8-1-2-9(6-13(8)25-14)16(24)22-12-7-10-3-4-11(12)21-10/h1-2,5-6,10-12,21H,3-4,7H2,(H,22,24)/t10-,11+,12-/m1/s1. The molecule has 3 atom stereocenters. The van der Waals surface area contributed by atoms with E-state index in [0.717, 1.165) is 30.6 Å². The van der Waals surface area contributed by atoms with Crippen LogP contribution in [0, 0.1) is 0 Å². The molecule has 2 aromatic rings. The van der Waals surface area contributed by atoms with Crippen LogP contribution in [0.4, 0.5) is 13.2 Å². The Morgan fingerprint density at radius 3 is 2.64 bits per heavy atom. The fourth-order valence-electron chi connectivity index (χ4n) is 3.66. The SMILES string of the molecule is O=C(N[C@@H]1C[C@H]2CC[C@@H]1N2)c1ccc2cc(C(=O)C(F)(F)F)sc2c1.